The van der Waals surface area contributed by atoms with Gasteiger partial charge in [0.15, 0.2) is 0 Å². The van der Waals surface area contributed by atoms with Crippen LogP contribution < -0.4 is 0 Å². The summed E-state index contributed by atoms with van der Waals surface area (Å²) in [6, 6.07) is 0. The lowest BCUT2D eigenvalue weighted by Crippen LogP contribution is -2.35. The van der Waals surface area contributed by atoms with Crippen molar-refractivity contribution in [2.75, 3.05) is 13.2 Å². The first-order valence-electron chi connectivity index (χ1n) is 5.90. The third-order valence-electron chi connectivity index (χ3n) is 3.93. The van der Waals surface area contributed by atoms with Crippen LogP contribution in [0.1, 0.15) is 24.7 Å². The maximum atomic E-state index is 9.71. The number of aliphatic hydroxyl groups excluding tert-OH is 1. The Hall–Kier alpha value is -0.390. The van der Waals surface area contributed by atoms with Crippen molar-refractivity contribution >= 4 is 15.9 Å². The number of halogens is 1. The number of hydrogen-bond donors (Lipinski definition) is 1. The maximum Gasteiger partial charge on any atom is 0.0738 e. The smallest absolute Gasteiger partial charge is 0.0738 e. The van der Waals surface area contributed by atoms with E-state index in [1.807, 2.05) is 25.6 Å². The van der Waals surface area contributed by atoms with Crippen LogP contribution in [-0.2, 0) is 18.2 Å². The molecule has 5 heteroatoms. The number of aromatic nitrogens is 2. The van der Waals surface area contributed by atoms with Gasteiger partial charge in [-0.25, -0.2) is 0 Å². The van der Waals surface area contributed by atoms with E-state index in [1.54, 1.807) is 0 Å². The Labute approximate surface area is 110 Å². The first-order valence-corrected chi connectivity index (χ1v) is 6.70. The van der Waals surface area contributed by atoms with E-state index in [1.165, 1.54) is 0 Å². The van der Waals surface area contributed by atoms with Crippen molar-refractivity contribution in [1.82, 2.24) is 9.78 Å². The van der Waals surface area contributed by atoms with Crippen LogP contribution in [0.4, 0.5) is 0 Å². The number of rotatable bonds is 3. The maximum absolute atomic E-state index is 9.71. The largest absolute Gasteiger partial charge is 0.396 e. The highest BCUT2D eigenvalue weighted by Crippen LogP contribution is 2.39. The number of ether oxygens (including phenoxy) is 1. The van der Waals surface area contributed by atoms with Crippen molar-refractivity contribution in [3.05, 3.63) is 15.9 Å². The molecule has 2 heterocycles. The molecule has 96 valence electrons. The molecule has 0 bridgehead atoms. The fraction of sp³-hybridized carbons (Fsp3) is 0.750. The molecule has 0 aromatic carbocycles. The summed E-state index contributed by atoms with van der Waals surface area (Å²) >= 11 is 3.58. The molecular formula is C12H19BrN2O2. The van der Waals surface area contributed by atoms with E-state index in [2.05, 4.69) is 21.0 Å². The standard InChI is InChI=1S/C12H19BrN2O2/c1-8-11(13)10(15(3)14-8)6-12(7-16)4-5-17-9(12)2/h9,16H,4-7H2,1-3H3. The monoisotopic (exact) mass is 302 g/mol. The van der Waals surface area contributed by atoms with Gasteiger partial charge in [0.05, 0.1) is 28.6 Å². The van der Waals surface area contributed by atoms with Gasteiger partial charge >= 0.3 is 0 Å². The fourth-order valence-electron chi connectivity index (χ4n) is 2.52. The van der Waals surface area contributed by atoms with E-state index in [0.29, 0.717) is 0 Å². The van der Waals surface area contributed by atoms with E-state index in [-0.39, 0.29) is 18.1 Å². The zero-order chi connectivity index (χ0) is 12.6. The van der Waals surface area contributed by atoms with Crippen LogP contribution in [0, 0.1) is 12.3 Å². The summed E-state index contributed by atoms with van der Waals surface area (Å²) < 4.78 is 8.55. The van der Waals surface area contributed by atoms with Gasteiger partial charge in [0.1, 0.15) is 0 Å². The Kier molecular flexibility index (Phi) is 3.61. The van der Waals surface area contributed by atoms with Crippen LogP contribution in [0.15, 0.2) is 4.47 Å². The minimum atomic E-state index is -0.164. The van der Waals surface area contributed by atoms with E-state index in [9.17, 15) is 5.11 Å². The van der Waals surface area contributed by atoms with Gasteiger partial charge in [-0.1, -0.05) is 0 Å². The topological polar surface area (TPSA) is 47.3 Å². The lowest BCUT2D eigenvalue weighted by atomic mass is 9.78. The van der Waals surface area contributed by atoms with Crippen LogP contribution in [0.25, 0.3) is 0 Å². The zero-order valence-corrected chi connectivity index (χ0v) is 12.1. The van der Waals surface area contributed by atoms with E-state index in [4.69, 9.17) is 4.74 Å². The lowest BCUT2D eigenvalue weighted by Gasteiger charge is -2.30. The molecule has 0 amide bonds. The van der Waals surface area contributed by atoms with Crippen molar-refractivity contribution in [2.45, 2.75) is 32.8 Å². The highest BCUT2D eigenvalue weighted by atomic mass is 79.9. The second-order valence-corrected chi connectivity index (χ2v) is 5.72. The number of aliphatic hydroxyl groups is 1. The van der Waals surface area contributed by atoms with Gasteiger partial charge in [-0.05, 0) is 36.2 Å². The SMILES string of the molecule is Cc1nn(C)c(CC2(CO)CCOC2C)c1Br. The third-order valence-corrected chi connectivity index (χ3v) is 4.96. The van der Waals surface area contributed by atoms with E-state index in [0.717, 1.165) is 35.3 Å². The molecule has 4 nitrogen and oxygen atoms in total. The van der Waals surface area contributed by atoms with Gasteiger partial charge in [0, 0.05) is 25.5 Å². The Morgan fingerprint density at radius 2 is 2.35 bits per heavy atom. The summed E-state index contributed by atoms with van der Waals surface area (Å²) in [6.07, 6.45) is 1.79. The summed E-state index contributed by atoms with van der Waals surface area (Å²) in [6.45, 7) is 4.91. The van der Waals surface area contributed by atoms with Gasteiger partial charge in [-0.15, -0.1) is 0 Å². The van der Waals surface area contributed by atoms with E-state index < -0.39 is 0 Å². The van der Waals surface area contributed by atoms with Crippen molar-refractivity contribution in [2.24, 2.45) is 12.5 Å². The average molecular weight is 303 g/mol. The molecule has 2 unspecified atom stereocenters. The predicted octanol–water partition coefficient (Wildman–Crippen LogP) is 1.82. The predicted molar refractivity (Wildman–Crippen MR) is 68.9 cm³/mol. The first kappa shape index (κ1) is 13.1. The van der Waals surface area contributed by atoms with Crippen LogP contribution in [0.3, 0.4) is 0 Å². The molecule has 2 rings (SSSR count). The quantitative estimate of drug-likeness (QED) is 0.926. The van der Waals surface area contributed by atoms with Crippen LogP contribution in [-0.4, -0.2) is 34.2 Å². The number of hydrogen-bond acceptors (Lipinski definition) is 3. The first-order chi connectivity index (χ1) is 8.00. The molecule has 17 heavy (non-hydrogen) atoms. The molecule has 0 saturated carbocycles. The molecule has 1 aromatic heterocycles. The lowest BCUT2D eigenvalue weighted by molar-refractivity contribution is 0.0260. The Morgan fingerprint density at radius 1 is 1.65 bits per heavy atom. The van der Waals surface area contributed by atoms with Gasteiger partial charge in [0.25, 0.3) is 0 Å². The van der Waals surface area contributed by atoms with Gasteiger partial charge in [-0.3, -0.25) is 4.68 Å². The second kappa shape index (κ2) is 4.71. The van der Waals surface area contributed by atoms with Gasteiger partial charge in [-0.2, -0.15) is 5.10 Å². The molecule has 2 atom stereocenters. The Morgan fingerprint density at radius 3 is 2.76 bits per heavy atom. The number of nitrogens with zero attached hydrogens (tertiary/aromatic N) is 2. The van der Waals surface area contributed by atoms with Gasteiger partial charge < -0.3 is 9.84 Å². The molecule has 1 aliphatic rings. The number of aryl methyl sites for hydroxylation is 2. The molecule has 1 fully saturated rings. The molecule has 0 spiro atoms. The van der Waals surface area contributed by atoms with Crippen LogP contribution in [0.5, 0.6) is 0 Å². The highest BCUT2D eigenvalue weighted by Gasteiger charge is 2.42. The third kappa shape index (κ3) is 2.16. The minimum Gasteiger partial charge on any atom is -0.396 e. The summed E-state index contributed by atoms with van der Waals surface area (Å²) in [5, 5.41) is 14.1. The van der Waals surface area contributed by atoms with Gasteiger partial charge in [0.2, 0.25) is 0 Å². The summed E-state index contributed by atoms with van der Waals surface area (Å²) in [5.74, 6) is 0. The normalized spacial score (nSPS) is 28.9. The molecule has 1 saturated heterocycles. The molecule has 1 aliphatic heterocycles. The van der Waals surface area contributed by atoms with Crippen molar-refractivity contribution in [3.8, 4) is 0 Å². The molecule has 0 radical (unpaired) electrons. The summed E-state index contributed by atoms with van der Waals surface area (Å²) in [5.41, 5.74) is 1.96. The molecular weight excluding hydrogens is 284 g/mol. The molecule has 1 aromatic rings. The van der Waals surface area contributed by atoms with E-state index >= 15 is 0 Å². The molecule has 1 N–H and O–H groups in total. The summed E-state index contributed by atoms with van der Waals surface area (Å²) in [7, 11) is 1.94. The van der Waals surface area contributed by atoms with Crippen LogP contribution in [0.2, 0.25) is 0 Å². The average Bonchev–Trinajstić information content (AvgIpc) is 2.76. The van der Waals surface area contributed by atoms with Crippen molar-refractivity contribution in [3.63, 3.8) is 0 Å². The zero-order valence-electron chi connectivity index (χ0n) is 10.5. The highest BCUT2D eigenvalue weighted by molar-refractivity contribution is 9.10. The Bertz CT molecular complexity index is 419. The summed E-state index contributed by atoms with van der Waals surface area (Å²) in [4.78, 5) is 0. The van der Waals surface area contributed by atoms with Crippen LogP contribution >= 0.6 is 15.9 Å². The second-order valence-electron chi connectivity index (χ2n) is 4.93. The van der Waals surface area contributed by atoms with Crippen molar-refractivity contribution in [1.29, 1.82) is 0 Å². The minimum absolute atomic E-state index is 0.0922. The molecule has 0 aliphatic carbocycles. The Balaban J connectivity index is 2.30. The fourth-order valence-corrected chi connectivity index (χ4v) is 3.00. The van der Waals surface area contributed by atoms with Crippen molar-refractivity contribution < 1.29 is 9.84 Å².